The van der Waals surface area contributed by atoms with Gasteiger partial charge in [0.2, 0.25) is 23.6 Å². The molecule has 1 saturated heterocycles. The number of likely N-dealkylation sites (tertiary alicyclic amines) is 1. The van der Waals surface area contributed by atoms with Gasteiger partial charge in [0, 0.05) is 51.0 Å². The van der Waals surface area contributed by atoms with Crippen LogP contribution in [-0.4, -0.2) is 96.6 Å². The average Bonchev–Trinajstić information content (AvgIpc) is 3.98. The van der Waals surface area contributed by atoms with Crippen LogP contribution in [0.5, 0.6) is 0 Å². The van der Waals surface area contributed by atoms with Crippen LogP contribution in [0.25, 0.3) is 11.5 Å². The number of ether oxygens (including phenoxy) is 2. The van der Waals surface area contributed by atoms with E-state index in [4.69, 9.17) is 13.9 Å². The van der Waals surface area contributed by atoms with E-state index in [1.807, 2.05) is 88.0 Å². The van der Waals surface area contributed by atoms with Crippen molar-refractivity contribution < 1.29 is 33.1 Å². The van der Waals surface area contributed by atoms with Crippen molar-refractivity contribution in [3.63, 3.8) is 0 Å². The zero-order valence-electron chi connectivity index (χ0n) is 40.7. The van der Waals surface area contributed by atoms with Gasteiger partial charge in [-0.05, 0) is 92.9 Å². The summed E-state index contributed by atoms with van der Waals surface area (Å²) >= 11 is 0. The quantitative estimate of drug-likeness (QED) is 0.0723. The molecular formula is C52H79N5O7. The lowest BCUT2D eigenvalue weighted by atomic mass is 9.77. The fourth-order valence-corrected chi connectivity index (χ4v) is 9.78. The van der Waals surface area contributed by atoms with Gasteiger partial charge in [-0.2, -0.15) is 0 Å². The monoisotopic (exact) mass is 886 g/mol. The van der Waals surface area contributed by atoms with Gasteiger partial charge in [0.15, 0.2) is 5.78 Å². The van der Waals surface area contributed by atoms with Crippen LogP contribution in [0.2, 0.25) is 0 Å². The Morgan fingerprint density at radius 3 is 2.09 bits per heavy atom. The zero-order chi connectivity index (χ0) is 46.9. The Bertz CT molecular complexity index is 1870. The van der Waals surface area contributed by atoms with E-state index in [1.54, 1.807) is 21.3 Å². The lowest BCUT2D eigenvalue weighted by Crippen LogP contribution is -2.53. The van der Waals surface area contributed by atoms with E-state index in [1.165, 1.54) is 0 Å². The van der Waals surface area contributed by atoms with Crippen molar-refractivity contribution in [2.75, 3.05) is 27.8 Å². The summed E-state index contributed by atoms with van der Waals surface area (Å²) in [5.41, 5.74) is 2.03. The number of nitrogens with zero attached hydrogens (tertiary/aromatic N) is 3. The topological polar surface area (TPSA) is 153 Å². The van der Waals surface area contributed by atoms with Crippen LogP contribution in [0.15, 0.2) is 65.1 Å². The van der Waals surface area contributed by atoms with E-state index in [2.05, 4.69) is 53.7 Å². The number of carbonyl (C=O) groups is 4. The van der Waals surface area contributed by atoms with E-state index in [0.29, 0.717) is 56.9 Å². The summed E-state index contributed by atoms with van der Waals surface area (Å²) in [5, 5.41) is 14.9. The molecule has 64 heavy (non-hydrogen) atoms. The Morgan fingerprint density at radius 2 is 1.50 bits per heavy atom. The van der Waals surface area contributed by atoms with E-state index in [9.17, 15) is 19.2 Å². The molecule has 1 aliphatic heterocycles. The first-order valence-corrected chi connectivity index (χ1v) is 23.9. The smallest absolute Gasteiger partial charge is 0.247 e. The molecule has 1 fully saturated rings. The molecule has 0 aliphatic carbocycles. The molecule has 10 atom stereocenters. The molecule has 0 spiro atoms. The number of carbonyl (C=O) groups excluding carboxylic acids is 4. The van der Waals surface area contributed by atoms with Crippen LogP contribution in [-0.2, 0) is 35.1 Å². The summed E-state index contributed by atoms with van der Waals surface area (Å²) in [7, 11) is 5.08. The molecule has 2 N–H and O–H groups in total. The first kappa shape index (κ1) is 52.4. The molecule has 4 rings (SSSR count). The number of nitrogens with one attached hydrogen (secondary N) is 2. The summed E-state index contributed by atoms with van der Waals surface area (Å²) in [5.74, 6) is 0.858. The molecule has 2 heterocycles. The van der Waals surface area contributed by atoms with Gasteiger partial charge in [0.25, 0.3) is 0 Å². The van der Waals surface area contributed by atoms with Gasteiger partial charge in [0.1, 0.15) is 5.78 Å². The lowest BCUT2D eigenvalue weighted by Gasteiger charge is -2.36. The standard InChI is InChI=1S/C52H79N5O7/c1-12-36(7)41(29-35(6)30-44(59)47(33(2)3)54-50(61)48(53-9)34(4)5)45(62-10)32-46(60)57-28-20-26-42(57)49(63-11)37(8)43(58)27-19-25-40(31-38-21-15-13-16-22-38)52-56-55-51(64-52)39-23-17-14-18-24-39/h13-18,21-24,33-37,40-42,45,47-49,53H,12,19-20,25-32H2,1-11H3,(H,54,61)/t35?,36-,37-,40?,41-,42-,45+,47-,48-,49+/m0/s1. The number of hydrogen-bond acceptors (Lipinski definition) is 10. The number of amides is 2. The van der Waals surface area contributed by atoms with E-state index in [-0.39, 0.29) is 83.5 Å². The van der Waals surface area contributed by atoms with Crippen LogP contribution in [0, 0.1) is 35.5 Å². The number of methoxy groups -OCH3 is 2. The number of benzene rings is 2. The Morgan fingerprint density at radius 1 is 0.844 bits per heavy atom. The summed E-state index contributed by atoms with van der Waals surface area (Å²) in [6, 6.07) is 18.8. The highest BCUT2D eigenvalue weighted by molar-refractivity contribution is 5.91. The first-order valence-electron chi connectivity index (χ1n) is 23.9. The molecule has 12 nitrogen and oxygen atoms in total. The maximum absolute atomic E-state index is 14.3. The highest BCUT2D eigenvalue weighted by atomic mass is 16.5. The van der Waals surface area contributed by atoms with Crippen molar-refractivity contribution in [3.8, 4) is 11.5 Å². The number of ketones is 2. The molecule has 1 aromatic heterocycles. The molecule has 0 radical (unpaired) electrons. The molecule has 2 aromatic carbocycles. The van der Waals surface area contributed by atoms with Crippen LogP contribution in [0.4, 0.5) is 0 Å². The first-order chi connectivity index (χ1) is 30.6. The number of aromatic nitrogens is 2. The maximum Gasteiger partial charge on any atom is 0.247 e. The number of Topliss-reactive ketones (excluding diaryl/α,β-unsaturated/α-hetero) is 2. The van der Waals surface area contributed by atoms with Crippen LogP contribution in [0.3, 0.4) is 0 Å². The van der Waals surface area contributed by atoms with Gasteiger partial charge >= 0.3 is 0 Å². The number of hydrogen-bond donors (Lipinski definition) is 2. The fourth-order valence-electron chi connectivity index (χ4n) is 9.78. The molecular weight excluding hydrogens is 807 g/mol. The molecule has 1 aliphatic rings. The second-order valence-corrected chi connectivity index (χ2v) is 19.1. The van der Waals surface area contributed by atoms with Crippen molar-refractivity contribution in [3.05, 3.63) is 72.1 Å². The van der Waals surface area contributed by atoms with Gasteiger partial charge in [-0.25, -0.2) is 0 Å². The third-order valence-corrected chi connectivity index (χ3v) is 13.7. The molecule has 0 bridgehead atoms. The van der Waals surface area contributed by atoms with Crippen molar-refractivity contribution in [2.24, 2.45) is 35.5 Å². The normalized spacial score (nSPS) is 18.5. The highest BCUT2D eigenvalue weighted by Crippen LogP contribution is 2.35. The minimum atomic E-state index is -0.580. The number of rotatable bonds is 28. The van der Waals surface area contributed by atoms with Gasteiger partial charge < -0.3 is 29.4 Å². The molecule has 2 amide bonds. The summed E-state index contributed by atoms with van der Waals surface area (Å²) in [4.78, 5) is 57.0. The van der Waals surface area contributed by atoms with Gasteiger partial charge in [-0.15, -0.1) is 10.2 Å². The minimum Gasteiger partial charge on any atom is -0.420 e. The van der Waals surface area contributed by atoms with Crippen LogP contribution >= 0.6 is 0 Å². The van der Waals surface area contributed by atoms with E-state index in [0.717, 1.165) is 30.4 Å². The van der Waals surface area contributed by atoms with E-state index < -0.39 is 18.1 Å². The molecule has 354 valence electrons. The van der Waals surface area contributed by atoms with Crippen molar-refractivity contribution in [1.29, 1.82) is 0 Å². The Kier molecular flexibility index (Phi) is 21.3. The third-order valence-electron chi connectivity index (χ3n) is 13.7. The largest absolute Gasteiger partial charge is 0.420 e. The summed E-state index contributed by atoms with van der Waals surface area (Å²) in [6.07, 6.45) is 5.35. The predicted octanol–water partition coefficient (Wildman–Crippen LogP) is 8.88. The van der Waals surface area contributed by atoms with Gasteiger partial charge in [0.05, 0.1) is 36.8 Å². The van der Waals surface area contributed by atoms with Crippen molar-refractivity contribution >= 4 is 23.4 Å². The lowest BCUT2D eigenvalue weighted by molar-refractivity contribution is -0.142. The molecule has 3 aromatic rings. The summed E-state index contributed by atoms with van der Waals surface area (Å²) in [6.45, 7) is 16.8. The van der Waals surface area contributed by atoms with Crippen LogP contribution in [0.1, 0.15) is 131 Å². The highest BCUT2D eigenvalue weighted by Gasteiger charge is 2.41. The van der Waals surface area contributed by atoms with Crippen molar-refractivity contribution in [2.45, 2.75) is 156 Å². The second-order valence-electron chi connectivity index (χ2n) is 19.1. The predicted molar refractivity (Wildman–Crippen MR) is 252 cm³/mol. The molecule has 12 heteroatoms. The van der Waals surface area contributed by atoms with Gasteiger partial charge in [-0.3, -0.25) is 19.2 Å². The zero-order valence-corrected chi connectivity index (χ0v) is 40.7. The third kappa shape index (κ3) is 14.6. The van der Waals surface area contributed by atoms with Gasteiger partial charge in [-0.1, -0.05) is 110 Å². The maximum atomic E-state index is 14.3. The average molecular weight is 886 g/mol. The molecule has 2 unspecified atom stereocenters. The van der Waals surface area contributed by atoms with E-state index >= 15 is 0 Å². The summed E-state index contributed by atoms with van der Waals surface area (Å²) < 4.78 is 18.4. The fraction of sp³-hybridized carbons (Fsp3) is 0.654. The Hall–Kier alpha value is -4.26. The molecule has 0 saturated carbocycles. The Balaban J connectivity index is 1.39. The second kappa shape index (κ2) is 26.0. The minimum absolute atomic E-state index is 0.00177. The Labute approximate surface area is 383 Å². The van der Waals surface area contributed by atoms with Crippen LogP contribution < -0.4 is 10.6 Å². The number of likely N-dealkylation sites (N-methyl/N-ethyl adjacent to an activating group) is 1. The van der Waals surface area contributed by atoms with Crippen molar-refractivity contribution in [1.82, 2.24) is 25.7 Å². The SMILES string of the molecule is CC[C@H](C)[C@H](CC(C)CC(=O)[C@@H](NC(=O)[C@@H](NC)C(C)C)C(C)C)[C@@H](CC(=O)N1CCC[C@H]1[C@H](OC)[C@@H](C)C(=O)CCCC(Cc1ccccc1)c1nnc(-c2ccccc2)o1)OC.